The molecule has 11 nitrogen and oxygen atoms in total. The summed E-state index contributed by atoms with van der Waals surface area (Å²) in [5, 5.41) is 13.7. The number of hydrogen-bond donors (Lipinski definition) is 2. The minimum atomic E-state index is -1.31. The molecule has 2 unspecified atom stereocenters. The first-order valence-corrected chi connectivity index (χ1v) is 18.3. The Hall–Kier alpha value is -1.84. The van der Waals surface area contributed by atoms with Crippen LogP contribution in [0.25, 0.3) is 0 Å². The molecule has 2 N–H and O–H groups in total. The van der Waals surface area contributed by atoms with Crippen molar-refractivity contribution < 1.29 is 38.5 Å². The van der Waals surface area contributed by atoms with Gasteiger partial charge in [0.25, 0.3) is 0 Å². The largest absolute Gasteiger partial charge is 0.458 e. The summed E-state index contributed by atoms with van der Waals surface area (Å²) in [6.45, 7) is 4.95. The zero-order valence-corrected chi connectivity index (χ0v) is 29.1. The second-order valence-electron chi connectivity index (χ2n) is 13.5. The van der Waals surface area contributed by atoms with E-state index in [2.05, 4.69) is 41.8 Å². The SMILES string of the molecule is CCCCCC1(CCCCC)O[C@@H]2[C@H]3ON(Cc4ccccc4I)[C@H]4C(=O)OC(CC34C(=O)N3CCC[C@@H]3C(=O)NCCO)[C@@H]2O1. The van der Waals surface area contributed by atoms with Crippen molar-refractivity contribution in [1.82, 2.24) is 15.3 Å². The molecule has 12 heteroatoms. The zero-order valence-electron chi connectivity index (χ0n) is 27.0. The lowest BCUT2D eigenvalue weighted by Crippen LogP contribution is -2.70. The van der Waals surface area contributed by atoms with Crippen molar-refractivity contribution in [3.05, 3.63) is 33.4 Å². The van der Waals surface area contributed by atoms with Gasteiger partial charge in [-0.25, -0.2) is 0 Å². The summed E-state index contributed by atoms with van der Waals surface area (Å²) < 4.78 is 21.0. The molecule has 4 heterocycles. The van der Waals surface area contributed by atoms with Gasteiger partial charge in [-0.2, -0.15) is 5.06 Å². The van der Waals surface area contributed by atoms with Crippen LogP contribution in [-0.4, -0.2) is 94.8 Å². The molecule has 2 amide bonds. The monoisotopic (exact) mass is 753 g/mol. The van der Waals surface area contributed by atoms with Crippen molar-refractivity contribution >= 4 is 40.4 Å². The summed E-state index contributed by atoms with van der Waals surface area (Å²) in [6.07, 6.45) is 6.36. The molecule has 1 aromatic rings. The summed E-state index contributed by atoms with van der Waals surface area (Å²) in [5.41, 5.74) is -0.344. The predicted molar refractivity (Wildman–Crippen MR) is 176 cm³/mol. The number of benzene rings is 1. The minimum Gasteiger partial charge on any atom is -0.458 e. The van der Waals surface area contributed by atoms with E-state index in [1.165, 1.54) is 0 Å². The highest BCUT2D eigenvalue weighted by Gasteiger charge is 2.77. The van der Waals surface area contributed by atoms with Gasteiger partial charge in [-0.05, 0) is 59.9 Å². The average molecular weight is 754 g/mol. The Labute approximate surface area is 285 Å². The van der Waals surface area contributed by atoms with Gasteiger partial charge in [0, 0.05) is 35.9 Å². The molecule has 1 saturated carbocycles. The molecular weight excluding hydrogens is 705 g/mol. The van der Waals surface area contributed by atoms with Gasteiger partial charge in [0.1, 0.15) is 35.9 Å². The van der Waals surface area contributed by atoms with Crippen LogP contribution in [0, 0.1) is 8.99 Å². The van der Waals surface area contributed by atoms with Gasteiger partial charge in [-0.15, -0.1) is 0 Å². The number of carbonyl (C=O) groups excluding carboxylic acids is 3. The van der Waals surface area contributed by atoms with E-state index in [-0.39, 0.29) is 37.9 Å². The van der Waals surface area contributed by atoms with Crippen LogP contribution in [-0.2, 0) is 40.0 Å². The van der Waals surface area contributed by atoms with E-state index in [1.54, 1.807) is 9.96 Å². The normalized spacial score (nSPS) is 32.8. The number of aliphatic hydroxyl groups is 1. The fourth-order valence-electron chi connectivity index (χ4n) is 8.32. The first-order valence-electron chi connectivity index (χ1n) is 17.2. The summed E-state index contributed by atoms with van der Waals surface area (Å²) in [7, 11) is 0. The number of unbranched alkanes of at least 4 members (excludes halogenated alkanes) is 4. The Bertz CT molecular complexity index is 1270. The van der Waals surface area contributed by atoms with Crippen LogP contribution in [0.3, 0.4) is 0 Å². The molecule has 0 radical (unpaired) electrons. The van der Waals surface area contributed by atoms with E-state index >= 15 is 4.79 Å². The van der Waals surface area contributed by atoms with Crippen LogP contribution in [0.4, 0.5) is 0 Å². The van der Waals surface area contributed by atoms with Crippen LogP contribution in [0.1, 0.15) is 90.0 Å². The molecule has 254 valence electrons. The Balaban J connectivity index is 1.38. The first-order chi connectivity index (χ1) is 22.3. The highest BCUT2D eigenvalue weighted by atomic mass is 127. The smallest absolute Gasteiger partial charge is 0.327 e. The highest BCUT2D eigenvalue weighted by Crippen LogP contribution is 2.59. The number of aliphatic hydroxyl groups excluding tert-OH is 1. The number of nitrogens with zero attached hydrogens (tertiary/aromatic N) is 2. The zero-order chi connectivity index (χ0) is 32.5. The molecule has 5 fully saturated rings. The van der Waals surface area contributed by atoms with Gasteiger partial charge < -0.3 is 29.5 Å². The molecule has 4 saturated heterocycles. The summed E-state index contributed by atoms with van der Waals surface area (Å²) in [4.78, 5) is 50.7. The fraction of sp³-hybridized carbons (Fsp3) is 0.735. The van der Waals surface area contributed by atoms with Crippen molar-refractivity contribution in [3.63, 3.8) is 0 Å². The second-order valence-corrected chi connectivity index (χ2v) is 14.6. The second kappa shape index (κ2) is 14.3. The quantitative estimate of drug-likeness (QED) is 0.166. The Morgan fingerprint density at radius 2 is 1.78 bits per heavy atom. The van der Waals surface area contributed by atoms with E-state index in [0.717, 1.165) is 60.5 Å². The summed E-state index contributed by atoms with van der Waals surface area (Å²) >= 11 is 2.27. The van der Waals surface area contributed by atoms with Crippen molar-refractivity contribution in [2.75, 3.05) is 19.7 Å². The molecule has 46 heavy (non-hydrogen) atoms. The summed E-state index contributed by atoms with van der Waals surface area (Å²) in [5.74, 6) is -1.91. The van der Waals surface area contributed by atoms with Gasteiger partial charge in [0.2, 0.25) is 11.8 Å². The van der Waals surface area contributed by atoms with E-state index < -0.39 is 53.7 Å². The van der Waals surface area contributed by atoms with Crippen LogP contribution < -0.4 is 5.32 Å². The third-order valence-corrected chi connectivity index (χ3v) is 11.5. The molecule has 4 aliphatic heterocycles. The number of ether oxygens (including phenoxy) is 3. The fourth-order valence-corrected chi connectivity index (χ4v) is 8.88. The number of carbonyl (C=O) groups is 3. The number of esters is 1. The van der Waals surface area contributed by atoms with Gasteiger partial charge in [0.05, 0.1) is 13.2 Å². The van der Waals surface area contributed by atoms with Crippen LogP contribution in [0.2, 0.25) is 0 Å². The van der Waals surface area contributed by atoms with E-state index in [0.29, 0.717) is 19.4 Å². The molecule has 6 rings (SSSR count). The highest BCUT2D eigenvalue weighted by molar-refractivity contribution is 14.1. The lowest BCUT2D eigenvalue weighted by molar-refractivity contribution is -0.225. The number of hydrogen-bond acceptors (Lipinski definition) is 9. The van der Waals surface area contributed by atoms with E-state index in [4.69, 9.17) is 19.0 Å². The lowest BCUT2D eigenvalue weighted by atomic mass is 9.62. The molecule has 0 spiro atoms. The predicted octanol–water partition coefficient (Wildman–Crippen LogP) is 3.83. The number of rotatable bonds is 14. The number of fused-ring (bicyclic) bond motifs is 4. The molecular formula is C34H48IN3O8. The minimum absolute atomic E-state index is 0.113. The molecule has 5 aliphatic rings. The number of nitrogens with one attached hydrogen (secondary N) is 1. The Morgan fingerprint density at radius 3 is 2.48 bits per heavy atom. The number of amides is 2. The maximum absolute atomic E-state index is 15.0. The maximum Gasteiger partial charge on any atom is 0.327 e. The topological polar surface area (TPSA) is 127 Å². The van der Waals surface area contributed by atoms with Crippen LogP contribution in [0.15, 0.2) is 24.3 Å². The van der Waals surface area contributed by atoms with E-state index in [9.17, 15) is 14.7 Å². The third kappa shape index (κ3) is 6.11. The number of hydroxylamine groups is 2. The standard InChI is InChI=1S/C34H48IN3O8/c1-3-5-9-15-33(16-10-6-4-2)44-26-25-20-34(32(42)37-18-11-14-24(37)30(40)36-17-19-39)28(31(41)43-25)38(46-29(34)27(26)45-33)21-22-12-7-8-13-23(22)35/h7-8,12-13,24-29,39H,3-6,9-11,14-21H2,1-2H3,(H,36,40)/t24-,25?,26+,27+,28+,29-,34?/m1/s1. The molecule has 1 aromatic carbocycles. The molecule has 7 atom stereocenters. The van der Waals surface area contributed by atoms with Crippen molar-refractivity contribution in [2.24, 2.45) is 5.41 Å². The number of halogens is 1. The number of likely N-dealkylation sites (tertiary alicyclic amines) is 1. The van der Waals surface area contributed by atoms with Gasteiger partial charge in [-0.1, -0.05) is 57.7 Å². The molecule has 0 aromatic heterocycles. The van der Waals surface area contributed by atoms with Gasteiger partial charge >= 0.3 is 5.97 Å². The third-order valence-electron chi connectivity index (χ3n) is 10.5. The average Bonchev–Trinajstić information content (AvgIpc) is 3.77. The van der Waals surface area contributed by atoms with Crippen LogP contribution >= 0.6 is 22.6 Å². The van der Waals surface area contributed by atoms with Crippen molar-refractivity contribution in [3.8, 4) is 0 Å². The first kappa shape index (κ1) is 34.0. The molecule has 2 bridgehead atoms. The Morgan fingerprint density at radius 1 is 1.07 bits per heavy atom. The summed E-state index contributed by atoms with van der Waals surface area (Å²) in [6, 6.07) is 6.21. The Kier molecular flexibility index (Phi) is 10.6. The molecule has 1 aliphatic carbocycles. The van der Waals surface area contributed by atoms with Gasteiger partial charge in [-0.3, -0.25) is 19.2 Å². The van der Waals surface area contributed by atoms with E-state index in [1.807, 2.05) is 24.3 Å². The van der Waals surface area contributed by atoms with Gasteiger partial charge in [0.15, 0.2) is 11.8 Å². The van der Waals surface area contributed by atoms with Crippen molar-refractivity contribution in [2.45, 2.75) is 133 Å². The van der Waals surface area contributed by atoms with Crippen LogP contribution in [0.5, 0.6) is 0 Å². The maximum atomic E-state index is 15.0. The lowest BCUT2D eigenvalue weighted by Gasteiger charge is -2.50. The van der Waals surface area contributed by atoms with Crippen molar-refractivity contribution in [1.29, 1.82) is 0 Å².